The van der Waals surface area contributed by atoms with Crippen molar-refractivity contribution in [3.63, 3.8) is 0 Å². The Kier molecular flexibility index (Phi) is 10.1. The lowest BCUT2D eigenvalue weighted by Crippen LogP contribution is -2.68. The third-order valence-electron chi connectivity index (χ3n) is 17.4. The van der Waals surface area contributed by atoms with Crippen molar-refractivity contribution < 1.29 is 9.13 Å². The molecule has 0 heterocycles. The molecule has 0 aliphatic heterocycles. The van der Waals surface area contributed by atoms with E-state index in [-0.39, 0.29) is 10.8 Å². The first-order valence-corrected chi connectivity index (χ1v) is 25.7. The summed E-state index contributed by atoms with van der Waals surface area (Å²) in [4.78, 5) is 0. The van der Waals surface area contributed by atoms with Crippen LogP contribution in [-0.4, -0.2) is 35.0 Å². The molecule has 0 spiro atoms. The maximum absolute atomic E-state index is 16.5. The van der Waals surface area contributed by atoms with E-state index in [1.165, 1.54) is 193 Å². The average molecular weight is 671 g/mol. The molecule has 2 nitrogen and oxygen atoms in total. The van der Waals surface area contributed by atoms with Crippen LogP contribution < -0.4 is 0 Å². The Morgan fingerprint density at radius 2 is 0.630 bits per heavy atom. The van der Waals surface area contributed by atoms with Crippen LogP contribution in [-0.2, 0) is 9.13 Å². The van der Waals surface area contributed by atoms with Crippen molar-refractivity contribution in [2.45, 2.75) is 215 Å². The van der Waals surface area contributed by atoms with Crippen LogP contribution in [0.25, 0.3) is 0 Å². The quantitative estimate of drug-likeness (QED) is 0.241. The molecular weight excluding hydrogens is 598 g/mol. The zero-order valence-corrected chi connectivity index (χ0v) is 31.7. The van der Waals surface area contributed by atoms with Gasteiger partial charge in [0.1, 0.15) is 0 Å². The highest BCUT2D eigenvalue weighted by atomic mass is 31.2. The Bertz CT molecular complexity index is 992. The number of rotatable bonds is 8. The Morgan fingerprint density at radius 3 is 0.935 bits per heavy atom. The summed E-state index contributed by atoms with van der Waals surface area (Å²) in [5, 5.41) is 0. The largest absolute Gasteiger partial charge is 0.323 e. The van der Waals surface area contributed by atoms with E-state index in [0.717, 1.165) is 36.0 Å². The maximum atomic E-state index is 16.5. The van der Waals surface area contributed by atoms with Crippen LogP contribution in [0.15, 0.2) is 0 Å². The highest BCUT2D eigenvalue weighted by Crippen LogP contribution is 2.81. The number of hydrogen-bond acceptors (Lipinski definition) is 2. The second-order valence-electron chi connectivity index (χ2n) is 19.1. The third-order valence-corrected chi connectivity index (χ3v) is 26.6. The highest BCUT2D eigenvalue weighted by Gasteiger charge is 2.72. The number of fused-ring (bicyclic) bond motifs is 1. The molecule has 0 amide bonds. The maximum Gasteiger partial charge on any atom is 0.0941 e. The molecule has 46 heavy (non-hydrogen) atoms. The van der Waals surface area contributed by atoms with Crippen molar-refractivity contribution in [1.29, 1.82) is 0 Å². The zero-order chi connectivity index (χ0) is 31.2. The summed E-state index contributed by atoms with van der Waals surface area (Å²) in [6.45, 7) is 0. The average Bonchev–Trinajstić information content (AvgIpc) is 3.13. The van der Waals surface area contributed by atoms with Gasteiger partial charge in [-0.1, -0.05) is 103 Å². The Balaban J connectivity index is 1.26. The molecule has 4 heteroatoms. The second kappa shape index (κ2) is 13.9. The topological polar surface area (TPSA) is 34.1 Å². The SMILES string of the molecule is O=P(CC12CCCCC1(CP(=O)(C1CCCCC1)C1CCCCC1)C1CCC2C2CCCCC21)(C1CCCCC1)C1CCCCC1. The van der Waals surface area contributed by atoms with Crippen LogP contribution in [0.5, 0.6) is 0 Å². The van der Waals surface area contributed by atoms with Gasteiger partial charge in [0.05, 0.1) is 14.3 Å². The van der Waals surface area contributed by atoms with Gasteiger partial charge in [-0.3, -0.25) is 0 Å². The van der Waals surface area contributed by atoms with Crippen molar-refractivity contribution in [2.24, 2.45) is 34.5 Å². The fraction of sp³-hybridized carbons (Fsp3) is 1.00. The van der Waals surface area contributed by atoms with Crippen molar-refractivity contribution in [3.05, 3.63) is 0 Å². The highest BCUT2D eigenvalue weighted by molar-refractivity contribution is 7.66. The van der Waals surface area contributed by atoms with E-state index in [9.17, 15) is 0 Å². The van der Waals surface area contributed by atoms with Crippen LogP contribution in [0.4, 0.5) is 0 Å². The standard InChI is InChI=1S/C42H72O2P2/c43-45(33-17-5-1-6-18-33,34-19-7-2-8-20-34)31-41-29-15-16-30-42(41,40-28-27-39(41)37-25-13-14-26-38(37)40)32-46(44,35-21-9-3-10-22-35)36-23-11-4-12-24-36/h33-40H,1-32H2. The van der Waals surface area contributed by atoms with E-state index in [0.29, 0.717) is 22.6 Å². The van der Waals surface area contributed by atoms with Gasteiger partial charge in [0.2, 0.25) is 0 Å². The fourth-order valence-electron chi connectivity index (χ4n) is 15.6. The van der Waals surface area contributed by atoms with Crippen molar-refractivity contribution in [1.82, 2.24) is 0 Å². The van der Waals surface area contributed by atoms with E-state index in [1.807, 2.05) is 0 Å². The number of hydrogen-bond donors (Lipinski definition) is 0. The molecular formula is C42H72O2P2. The Morgan fingerprint density at radius 1 is 0.348 bits per heavy atom. The molecule has 6 atom stereocenters. The zero-order valence-electron chi connectivity index (χ0n) is 30.0. The van der Waals surface area contributed by atoms with E-state index >= 15 is 9.13 Å². The minimum Gasteiger partial charge on any atom is -0.323 e. The van der Waals surface area contributed by atoms with Crippen LogP contribution in [0.1, 0.15) is 193 Å². The van der Waals surface area contributed by atoms with Gasteiger partial charge in [-0.25, -0.2) is 0 Å². The second-order valence-corrected chi connectivity index (χ2v) is 26.1. The van der Waals surface area contributed by atoms with Gasteiger partial charge in [0, 0.05) is 35.0 Å². The summed E-state index contributed by atoms with van der Waals surface area (Å²) >= 11 is 0. The lowest BCUT2D eigenvalue weighted by Gasteiger charge is -2.74. The predicted molar refractivity (Wildman–Crippen MR) is 197 cm³/mol. The van der Waals surface area contributed by atoms with Crippen LogP contribution in [0.3, 0.4) is 0 Å². The molecule has 2 bridgehead atoms. The summed E-state index contributed by atoms with van der Waals surface area (Å²) in [6.07, 6.45) is 42.6. The molecule has 262 valence electrons. The molecule has 0 N–H and O–H groups in total. The molecule has 0 aromatic carbocycles. The van der Waals surface area contributed by atoms with E-state index in [2.05, 4.69) is 0 Å². The summed E-state index contributed by atoms with van der Waals surface area (Å²) < 4.78 is 33.0. The summed E-state index contributed by atoms with van der Waals surface area (Å²) in [7, 11) is -4.75. The lowest BCUT2D eigenvalue weighted by molar-refractivity contribution is -0.213. The minimum absolute atomic E-state index is 0.232. The molecule has 9 saturated carbocycles. The van der Waals surface area contributed by atoms with E-state index in [4.69, 9.17) is 0 Å². The van der Waals surface area contributed by atoms with Crippen LogP contribution in [0.2, 0.25) is 0 Å². The molecule has 6 unspecified atom stereocenters. The van der Waals surface area contributed by atoms with E-state index < -0.39 is 14.3 Å². The molecule has 9 aliphatic carbocycles. The first-order chi connectivity index (χ1) is 22.5. The van der Waals surface area contributed by atoms with Gasteiger partial charge in [-0.2, -0.15) is 0 Å². The first-order valence-electron chi connectivity index (χ1n) is 21.7. The van der Waals surface area contributed by atoms with Crippen LogP contribution >= 0.6 is 14.3 Å². The first kappa shape index (κ1) is 33.6. The predicted octanol–water partition coefficient (Wildman–Crippen LogP) is 13.4. The van der Waals surface area contributed by atoms with Crippen molar-refractivity contribution in [3.8, 4) is 0 Å². The van der Waals surface area contributed by atoms with Gasteiger partial charge in [-0.15, -0.1) is 0 Å². The van der Waals surface area contributed by atoms with Crippen LogP contribution in [0, 0.1) is 34.5 Å². The molecule has 0 saturated heterocycles. The molecule has 9 rings (SSSR count). The van der Waals surface area contributed by atoms with Gasteiger partial charge < -0.3 is 9.13 Å². The molecule has 0 radical (unpaired) electrons. The summed E-state index contributed by atoms with van der Waals surface area (Å²) in [6, 6.07) is 0. The van der Waals surface area contributed by atoms with Gasteiger partial charge in [0.15, 0.2) is 0 Å². The monoisotopic (exact) mass is 671 g/mol. The Labute approximate surface area is 284 Å². The minimum atomic E-state index is -2.38. The smallest absolute Gasteiger partial charge is 0.0941 e. The van der Waals surface area contributed by atoms with Crippen molar-refractivity contribution >= 4 is 14.3 Å². The Hall–Kier alpha value is 0.460. The van der Waals surface area contributed by atoms with Gasteiger partial charge >= 0.3 is 0 Å². The molecule has 9 fully saturated rings. The fourth-order valence-corrected chi connectivity index (χ4v) is 26.0. The molecule has 0 aromatic heterocycles. The third kappa shape index (κ3) is 5.60. The van der Waals surface area contributed by atoms with Gasteiger partial charge in [0.25, 0.3) is 0 Å². The molecule has 9 aliphatic rings. The normalized spacial score (nSPS) is 40.8. The van der Waals surface area contributed by atoms with Crippen molar-refractivity contribution in [2.75, 3.05) is 12.3 Å². The summed E-state index contributed by atoms with van der Waals surface area (Å²) in [5.41, 5.74) is 2.54. The van der Waals surface area contributed by atoms with Gasteiger partial charge in [-0.05, 0) is 124 Å². The van der Waals surface area contributed by atoms with E-state index in [1.54, 1.807) is 0 Å². The molecule has 0 aromatic rings. The summed E-state index contributed by atoms with van der Waals surface area (Å²) in [5.74, 6) is 3.37. The lowest BCUT2D eigenvalue weighted by atomic mass is 9.34.